The lowest BCUT2D eigenvalue weighted by Gasteiger charge is -2.04. The lowest BCUT2D eigenvalue weighted by molar-refractivity contribution is 0.474. The van der Waals surface area contributed by atoms with Crippen LogP contribution in [0, 0.1) is 0 Å². The van der Waals surface area contributed by atoms with Crippen molar-refractivity contribution in [3.63, 3.8) is 0 Å². The monoisotopic (exact) mass is 289 g/mol. The number of aliphatic imine (C=N–C) groups is 1. The quantitative estimate of drug-likeness (QED) is 0.791. The molecule has 2 aromatic rings. The van der Waals surface area contributed by atoms with Crippen LogP contribution >= 0.6 is 23.2 Å². The van der Waals surface area contributed by atoms with E-state index in [0.29, 0.717) is 10.6 Å². The molecule has 19 heavy (non-hydrogen) atoms. The molecule has 0 atom stereocenters. The molecule has 0 bridgehead atoms. The normalized spacial score (nSPS) is 14.9. The average molecular weight is 290 g/mol. The molecule has 1 heterocycles. The molecule has 0 aliphatic carbocycles. The molecule has 1 N–H and O–H groups in total. The topological polar surface area (TPSA) is 32.6 Å². The zero-order valence-corrected chi connectivity index (χ0v) is 11.3. The second-order valence-electron chi connectivity index (χ2n) is 4.20. The number of para-hydroxylation sites is 1. The number of fused-ring (bicyclic) bond motifs is 1. The molecule has 2 nitrogen and oxygen atoms in total. The first kappa shape index (κ1) is 12.3. The van der Waals surface area contributed by atoms with Gasteiger partial charge < -0.3 is 5.11 Å². The van der Waals surface area contributed by atoms with Crippen LogP contribution in [0.2, 0.25) is 10.0 Å². The van der Waals surface area contributed by atoms with Gasteiger partial charge in [0, 0.05) is 27.9 Å². The smallest absolute Gasteiger partial charge is 0.141 e. The van der Waals surface area contributed by atoms with E-state index >= 15 is 0 Å². The molecule has 3 rings (SSSR count). The van der Waals surface area contributed by atoms with Crippen LogP contribution in [0.3, 0.4) is 0 Å². The summed E-state index contributed by atoms with van der Waals surface area (Å²) in [5, 5.41) is 10.7. The number of benzene rings is 2. The Balaban J connectivity index is 2.12. The van der Waals surface area contributed by atoms with Crippen LogP contribution < -0.4 is 0 Å². The minimum atomic E-state index is 0.0244. The molecule has 1 aliphatic heterocycles. The number of aromatic hydroxyl groups is 1. The van der Waals surface area contributed by atoms with Crippen LogP contribution in [-0.4, -0.2) is 11.3 Å². The maximum atomic E-state index is 9.95. The van der Waals surface area contributed by atoms with Crippen LogP contribution in [0.1, 0.15) is 11.1 Å². The Morgan fingerprint density at radius 3 is 2.74 bits per heavy atom. The van der Waals surface area contributed by atoms with Crippen LogP contribution in [0.15, 0.2) is 41.4 Å². The number of nitrogens with zero attached hydrogens (tertiary/aromatic N) is 1. The van der Waals surface area contributed by atoms with Gasteiger partial charge in [-0.05, 0) is 24.3 Å². The third-order valence-corrected chi connectivity index (χ3v) is 3.43. The Hall–Kier alpha value is -1.77. The highest BCUT2D eigenvalue weighted by Gasteiger charge is 2.13. The van der Waals surface area contributed by atoms with Crippen molar-refractivity contribution in [1.29, 1.82) is 0 Å². The molecule has 1 aliphatic rings. The predicted molar refractivity (Wildman–Crippen MR) is 80.6 cm³/mol. The maximum absolute atomic E-state index is 9.95. The summed E-state index contributed by atoms with van der Waals surface area (Å²) in [6, 6.07) is 11.0. The van der Waals surface area contributed by atoms with E-state index in [1.165, 1.54) is 6.07 Å². The second-order valence-corrected chi connectivity index (χ2v) is 5.04. The summed E-state index contributed by atoms with van der Waals surface area (Å²) in [4.78, 5) is 4.31. The van der Waals surface area contributed by atoms with Gasteiger partial charge in [0.15, 0.2) is 0 Å². The Kier molecular flexibility index (Phi) is 3.05. The lowest BCUT2D eigenvalue weighted by Crippen LogP contribution is -1.83. The Bertz CT molecular complexity index is 720. The van der Waals surface area contributed by atoms with E-state index in [4.69, 9.17) is 23.2 Å². The molecule has 0 saturated carbocycles. The fraction of sp³-hybridized carbons (Fsp3) is 0. The first-order valence-electron chi connectivity index (χ1n) is 5.68. The molecule has 2 aromatic carbocycles. The summed E-state index contributed by atoms with van der Waals surface area (Å²) in [7, 11) is 0. The second kappa shape index (κ2) is 4.72. The van der Waals surface area contributed by atoms with Crippen molar-refractivity contribution in [2.75, 3.05) is 0 Å². The van der Waals surface area contributed by atoms with E-state index < -0.39 is 0 Å². The minimum absolute atomic E-state index is 0.0244. The van der Waals surface area contributed by atoms with Gasteiger partial charge in [-0.2, -0.15) is 0 Å². The first-order chi connectivity index (χ1) is 9.15. The number of allylic oxidation sites excluding steroid dienone is 1. The van der Waals surface area contributed by atoms with E-state index in [1.54, 1.807) is 12.3 Å². The molecular weight excluding hydrogens is 281 g/mol. The number of rotatable bonds is 1. The molecule has 0 radical (unpaired) electrons. The predicted octanol–water partition coefficient (Wildman–Crippen LogP) is 4.96. The minimum Gasteiger partial charge on any atom is -0.506 e. The van der Waals surface area contributed by atoms with Crippen LogP contribution in [0.4, 0.5) is 5.69 Å². The van der Waals surface area contributed by atoms with Crippen LogP contribution in [0.25, 0.3) is 11.6 Å². The molecule has 0 fully saturated rings. The number of hydrogen-bond donors (Lipinski definition) is 1. The van der Waals surface area contributed by atoms with Crippen LogP contribution in [0.5, 0.6) is 5.75 Å². The van der Waals surface area contributed by atoms with Gasteiger partial charge >= 0.3 is 0 Å². The fourth-order valence-corrected chi connectivity index (χ4v) is 2.53. The third-order valence-electron chi connectivity index (χ3n) is 2.93. The van der Waals surface area contributed by atoms with E-state index in [2.05, 4.69) is 4.99 Å². The maximum Gasteiger partial charge on any atom is 0.141 e. The number of phenols is 1. The van der Waals surface area contributed by atoms with Gasteiger partial charge in [-0.3, -0.25) is 4.99 Å². The fourth-order valence-electron chi connectivity index (χ4n) is 2.02. The summed E-state index contributed by atoms with van der Waals surface area (Å²) in [6.07, 6.45) is 3.58. The molecular formula is C15H9Cl2NO. The molecule has 0 saturated heterocycles. The largest absolute Gasteiger partial charge is 0.506 e. The Labute approximate surface area is 120 Å². The van der Waals surface area contributed by atoms with Gasteiger partial charge in [0.1, 0.15) is 5.75 Å². The molecule has 0 aromatic heterocycles. The van der Waals surface area contributed by atoms with Gasteiger partial charge in [-0.25, -0.2) is 0 Å². The number of hydrogen-bond acceptors (Lipinski definition) is 2. The molecule has 0 unspecified atom stereocenters. The highest BCUT2D eigenvalue weighted by molar-refractivity contribution is 6.36. The van der Waals surface area contributed by atoms with E-state index in [0.717, 1.165) is 16.8 Å². The van der Waals surface area contributed by atoms with Crippen molar-refractivity contribution in [3.8, 4) is 5.75 Å². The lowest BCUT2D eigenvalue weighted by atomic mass is 10.0. The van der Waals surface area contributed by atoms with Gasteiger partial charge in [0.05, 0.1) is 10.7 Å². The molecule has 94 valence electrons. The standard InChI is InChI=1S/C15H9Cl2NO/c16-11-6-9(15(19)13(17)7-11)5-10-8-18-14-4-2-1-3-12(10)14/h1-8,19H/b10-5-. The Morgan fingerprint density at radius 2 is 1.89 bits per heavy atom. The Morgan fingerprint density at radius 1 is 1.11 bits per heavy atom. The van der Waals surface area contributed by atoms with Gasteiger partial charge in [0.25, 0.3) is 0 Å². The molecule has 0 spiro atoms. The van der Waals surface area contributed by atoms with E-state index in [9.17, 15) is 5.11 Å². The third kappa shape index (κ3) is 2.25. The van der Waals surface area contributed by atoms with Gasteiger partial charge in [0.2, 0.25) is 0 Å². The summed E-state index contributed by atoms with van der Waals surface area (Å²) < 4.78 is 0. The average Bonchev–Trinajstić information content (AvgIpc) is 2.79. The van der Waals surface area contributed by atoms with Crippen molar-refractivity contribution in [1.82, 2.24) is 0 Å². The first-order valence-corrected chi connectivity index (χ1v) is 6.44. The zero-order valence-electron chi connectivity index (χ0n) is 9.77. The highest BCUT2D eigenvalue weighted by atomic mass is 35.5. The van der Waals surface area contributed by atoms with Crippen molar-refractivity contribution in [2.45, 2.75) is 0 Å². The highest BCUT2D eigenvalue weighted by Crippen LogP contribution is 2.36. The number of phenolic OH excluding ortho intramolecular Hbond substituents is 1. The van der Waals surface area contributed by atoms with E-state index in [1.807, 2.05) is 30.3 Å². The summed E-state index contributed by atoms with van der Waals surface area (Å²) in [5.74, 6) is 0.0244. The molecule has 4 heteroatoms. The zero-order chi connectivity index (χ0) is 13.4. The summed E-state index contributed by atoms with van der Waals surface area (Å²) in [6.45, 7) is 0. The van der Waals surface area contributed by atoms with Gasteiger partial charge in [-0.1, -0.05) is 41.4 Å². The van der Waals surface area contributed by atoms with Crippen molar-refractivity contribution < 1.29 is 5.11 Å². The SMILES string of the molecule is Oc1c(Cl)cc(Cl)cc1/C=C1/C=Nc2ccccc21. The summed E-state index contributed by atoms with van der Waals surface area (Å²) >= 11 is 11.9. The van der Waals surface area contributed by atoms with Crippen molar-refractivity contribution >= 4 is 46.8 Å². The van der Waals surface area contributed by atoms with Crippen molar-refractivity contribution in [2.24, 2.45) is 4.99 Å². The van der Waals surface area contributed by atoms with Crippen LogP contribution in [-0.2, 0) is 0 Å². The molecule has 0 amide bonds. The van der Waals surface area contributed by atoms with E-state index in [-0.39, 0.29) is 10.8 Å². The summed E-state index contributed by atoms with van der Waals surface area (Å²) in [5.41, 5.74) is 3.44. The van der Waals surface area contributed by atoms with Gasteiger partial charge in [-0.15, -0.1) is 0 Å². The number of halogens is 2. The van der Waals surface area contributed by atoms with Crippen molar-refractivity contribution in [3.05, 3.63) is 57.6 Å².